The van der Waals surface area contributed by atoms with Crippen LogP contribution in [-0.4, -0.2) is 30.6 Å². The van der Waals surface area contributed by atoms with E-state index in [0.29, 0.717) is 6.54 Å². The van der Waals surface area contributed by atoms with Gasteiger partial charge in [-0.05, 0) is 20.1 Å². The van der Waals surface area contributed by atoms with E-state index in [1.807, 2.05) is 20.1 Å². The van der Waals surface area contributed by atoms with Crippen LogP contribution in [-0.2, 0) is 6.54 Å². The minimum absolute atomic E-state index is 0.0704. The molecule has 2 N–H and O–H groups in total. The number of guanidine groups is 1. The van der Waals surface area contributed by atoms with Crippen molar-refractivity contribution in [2.24, 2.45) is 4.99 Å². The van der Waals surface area contributed by atoms with Gasteiger partial charge in [-0.25, -0.2) is 17.6 Å². The van der Waals surface area contributed by atoms with Gasteiger partial charge in [0.05, 0.1) is 0 Å². The Bertz CT molecular complexity index is 535. The van der Waals surface area contributed by atoms with Crippen LogP contribution < -0.4 is 10.6 Å². The maximum Gasteiger partial charge on any atom is 0.191 e. The number of hydrogen-bond donors (Lipinski definition) is 2. The topological polar surface area (TPSA) is 36.4 Å². The maximum atomic E-state index is 13.5. The molecule has 0 heterocycles. The Kier molecular flexibility index (Phi) is 6.52. The van der Waals surface area contributed by atoms with Crippen LogP contribution in [0.5, 0.6) is 0 Å². The first-order valence-corrected chi connectivity index (χ1v) is 7.76. The Morgan fingerprint density at radius 2 is 1.68 bits per heavy atom. The zero-order valence-electron chi connectivity index (χ0n) is 12.9. The quantitative estimate of drug-likeness (QED) is 0.375. The summed E-state index contributed by atoms with van der Waals surface area (Å²) in [6, 6.07) is 0.183. The first-order chi connectivity index (χ1) is 10.2. The van der Waals surface area contributed by atoms with Gasteiger partial charge in [-0.1, -0.05) is 0 Å². The number of hydrogen-bond acceptors (Lipinski definition) is 2. The van der Waals surface area contributed by atoms with Gasteiger partial charge in [0, 0.05) is 36.5 Å². The number of thioether (sulfide) groups is 1. The molecule has 0 aliphatic carbocycles. The highest BCUT2D eigenvalue weighted by atomic mass is 32.2. The molecule has 8 heteroatoms. The van der Waals surface area contributed by atoms with Crippen LogP contribution in [0.25, 0.3) is 0 Å². The smallest absolute Gasteiger partial charge is 0.191 e. The van der Waals surface area contributed by atoms with Gasteiger partial charge in [-0.2, -0.15) is 11.8 Å². The van der Waals surface area contributed by atoms with E-state index >= 15 is 0 Å². The first-order valence-electron chi connectivity index (χ1n) is 6.53. The Morgan fingerprint density at radius 1 is 1.14 bits per heavy atom. The molecule has 22 heavy (non-hydrogen) atoms. The molecule has 0 unspecified atom stereocenters. The summed E-state index contributed by atoms with van der Waals surface area (Å²) in [5.74, 6) is -5.40. The molecule has 0 saturated heterocycles. The number of benzene rings is 1. The van der Waals surface area contributed by atoms with Crippen LogP contribution in [0.1, 0.15) is 19.4 Å². The second-order valence-electron chi connectivity index (χ2n) is 5.19. The van der Waals surface area contributed by atoms with Crippen molar-refractivity contribution in [2.45, 2.75) is 25.1 Å². The van der Waals surface area contributed by atoms with E-state index in [4.69, 9.17) is 0 Å². The lowest BCUT2D eigenvalue weighted by atomic mass is 10.2. The molecule has 0 aliphatic heterocycles. The Morgan fingerprint density at radius 3 is 2.14 bits per heavy atom. The van der Waals surface area contributed by atoms with Gasteiger partial charge in [0.2, 0.25) is 0 Å². The van der Waals surface area contributed by atoms with E-state index in [9.17, 15) is 17.6 Å². The summed E-state index contributed by atoms with van der Waals surface area (Å²) >= 11 is 1.64. The fourth-order valence-electron chi connectivity index (χ4n) is 1.54. The molecule has 0 saturated carbocycles. The largest absolute Gasteiger partial charge is 0.355 e. The molecule has 0 aromatic heterocycles. The third-order valence-electron chi connectivity index (χ3n) is 3.09. The van der Waals surface area contributed by atoms with Crippen molar-refractivity contribution in [1.82, 2.24) is 10.6 Å². The Balaban J connectivity index is 2.77. The monoisotopic (exact) mass is 337 g/mol. The highest BCUT2D eigenvalue weighted by Gasteiger charge is 2.20. The second-order valence-corrected chi connectivity index (χ2v) is 6.70. The SMILES string of the molecule is CN=C(NCc1c(F)c(F)cc(F)c1F)NCC(C)(C)SC. The average Bonchev–Trinajstić information content (AvgIpc) is 2.48. The van der Waals surface area contributed by atoms with Gasteiger partial charge in [0.1, 0.15) is 0 Å². The van der Waals surface area contributed by atoms with Crippen molar-refractivity contribution >= 4 is 17.7 Å². The van der Waals surface area contributed by atoms with Gasteiger partial charge in [-0.3, -0.25) is 4.99 Å². The van der Waals surface area contributed by atoms with Crippen LogP contribution in [0.2, 0.25) is 0 Å². The molecule has 0 amide bonds. The lowest BCUT2D eigenvalue weighted by Crippen LogP contribution is -2.43. The highest BCUT2D eigenvalue weighted by molar-refractivity contribution is 7.99. The van der Waals surface area contributed by atoms with Gasteiger partial charge in [-0.15, -0.1) is 0 Å². The lowest BCUT2D eigenvalue weighted by Gasteiger charge is -2.23. The fourth-order valence-corrected chi connectivity index (χ4v) is 1.76. The maximum absolute atomic E-state index is 13.5. The van der Waals surface area contributed by atoms with Crippen LogP contribution in [0.4, 0.5) is 17.6 Å². The van der Waals surface area contributed by atoms with E-state index in [2.05, 4.69) is 15.6 Å². The minimum atomic E-state index is -1.43. The zero-order valence-corrected chi connectivity index (χ0v) is 13.7. The predicted octanol–water partition coefficient (Wildman–Crippen LogP) is 3.05. The van der Waals surface area contributed by atoms with Gasteiger partial charge < -0.3 is 10.6 Å². The molecule has 1 rings (SSSR count). The van der Waals surface area contributed by atoms with Gasteiger partial charge in [0.25, 0.3) is 0 Å². The summed E-state index contributed by atoms with van der Waals surface area (Å²) < 4.78 is 53.2. The number of nitrogens with zero attached hydrogens (tertiary/aromatic N) is 1. The summed E-state index contributed by atoms with van der Waals surface area (Å²) in [4.78, 5) is 3.90. The first kappa shape index (κ1) is 18.6. The second kappa shape index (κ2) is 7.71. The highest BCUT2D eigenvalue weighted by Crippen LogP contribution is 2.20. The van der Waals surface area contributed by atoms with Crippen molar-refractivity contribution in [3.63, 3.8) is 0 Å². The van der Waals surface area contributed by atoms with E-state index < -0.39 is 35.4 Å². The fraction of sp³-hybridized carbons (Fsp3) is 0.500. The molecule has 0 aliphatic rings. The summed E-state index contributed by atoms with van der Waals surface area (Å²) in [7, 11) is 1.49. The normalized spacial score (nSPS) is 12.5. The van der Waals surface area contributed by atoms with E-state index in [-0.39, 0.29) is 16.8 Å². The molecule has 0 fully saturated rings. The number of aliphatic imine (C=N–C) groups is 1. The van der Waals surface area contributed by atoms with Crippen molar-refractivity contribution in [2.75, 3.05) is 19.8 Å². The van der Waals surface area contributed by atoms with Crippen molar-refractivity contribution in [1.29, 1.82) is 0 Å². The zero-order chi connectivity index (χ0) is 16.9. The molecule has 0 spiro atoms. The van der Waals surface area contributed by atoms with Crippen molar-refractivity contribution < 1.29 is 17.6 Å². The van der Waals surface area contributed by atoms with Gasteiger partial charge >= 0.3 is 0 Å². The number of nitrogens with one attached hydrogen (secondary N) is 2. The third-order valence-corrected chi connectivity index (χ3v) is 4.34. The van der Waals surface area contributed by atoms with Crippen LogP contribution in [0.15, 0.2) is 11.1 Å². The molecule has 0 bridgehead atoms. The lowest BCUT2D eigenvalue weighted by molar-refractivity contribution is 0.437. The third kappa shape index (κ3) is 4.79. The average molecular weight is 337 g/mol. The summed E-state index contributed by atoms with van der Waals surface area (Å²) in [6.45, 7) is 4.15. The van der Waals surface area contributed by atoms with Crippen LogP contribution in [0.3, 0.4) is 0 Å². The number of halogens is 4. The minimum Gasteiger partial charge on any atom is -0.355 e. The molecular weight excluding hydrogens is 318 g/mol. The van der Waals surface area contributed by atoms with Crippen LogP contribution in [0, 0.1) is 23.3 Å². The van der Waals surface area contributed by atoms with E-state index in [0.717, 1.165) is 0 Å². The van der Waals surface area contributed by atoms with Crippen molar-refractivity contribution in [3.8, 4) is 0 Å². The molecule has 0 radical (unpaired) electrons. The molecule has 124 valence electrons. The summed E-state index contributed by atoms with van der Waals surface area (Å²) in [5.41, 5.74) is -0.704. The Hall–Kier alpha value is -1.44. The number of rotatable bonds is 5. The van der Waals surface area contributed by atoms with E-state index in [1.165, 1.54) is 7.05 Å². The van der Waals surface area contributed by atoms with E-state index in [1.54, 1.807) is 11.8 Å². The predicted molar refractivity (Wildman–Crippen MR) is 82.1 cm³/mol. The summed E-state index contributed by atoms with van der Waals surface area (Å²) in [6.07, 6.45) is 1.96. The summed E-state index contributed by atoms with van der Waals surface area (Å²) in [5, 5.41) is 5.62. The standard InChI is InChI=1S/C14H19F4N3S/c1-14(2,22-4)7-21-13(19-3)20-6-8-11(17)9(15)5-10(16)12(8)18/h5H,6-7H2,1-4H3,(H2,19,20,21). The molecule has 0 atom stereocenters. The molecule has 3 nitrogen and oxygen atoms in total. The molecule has 1 aromatic carbocycles. The molecular formula is C14H19F4N3S. The van der Waals surface area contributed by atoms with Crippen molar-refractivity contribution in [3.05, 3.63) is 34.9 Å². The van der Waals surface area contributed by atoms with Crippen LogP contribution >= 0.6 is 11.8 Å². The Labute approximate surface area is 131 Å². The van der Waals surface area contributed by atoms with Gasteiger partial charge in [0.15, 0.2) is 29.2 Å². The molecule has 1 aromatic rings.